The Labute approximate surface area is 102 Å². The molecule has 0 aliphatic carbocycles. The van der Waals surface area contributed by atoms with Gasteiger partial charge in [-0.2, -0.15) is 0 Å². The zero-order valence-corrected chi connectivity index (χ0v) is 10.8. The maximum Gasteiger partial charge on any atom is 0.317 e. The molecule has 0 heterocycles. The van der Waals surface area contributed by atoms with Gasteiger partial charge in [0.25, 0.3) is 0 Å². The van der Waals surface area contributed by atoms with Crippen molar-refractivity contribution in [2.75, 3.05) is 33.7 Å². The fourth-order valence-corrected chi connectivity index (χ4v) is 1.24. The first-order valence-corrected chi connectivity index (χ1v) is 5.85. The Morgan fingerprint density at radius 1 is 1.35 bits per heavy atom. The lowest BCUT2D eigenvalue weighted by Crippen LogP contribution is -2.40. The van der Waals surface area contributed by atoms with Gasteiger partial charge in [-0.15, -0.1) is 0 Å². The van der Waals surface area contributed by atoms with Gasteiger partial charge in [-0.1, -0.05) is 6.92 Å². The largest absolute Gasteiger partial charge is 0.481 e. The number of nitrogens with one attached hydrogen (secondary N) is 2. The van der Waals surface area contributed by atoms with Crippen LogP contribution in [-0.2, 0) is 4.79 Å². The van der Waals surface area contributed by atoms with E-state index in [-0.39, 0.29) is 11.9 Å². The van der Waals surface area contributed by atoms with Gasteiger partial charge in [0.05, 0.1) is 5.92 Å². The zero-order chi connectivity index (χ0) is 13.3. The molecule has 6 nitrogen and oxygen atoms in total. The standard InChI is InChI=1S/C11H23N3O3/c1-9(10(15)16)5-4-6-13-11(17)14(3)8-7-12-2/h9,12H,4-8H2,1-3H3,(H,13,17)(H,15,16). The number of urea groups is 1. The number of rotatable bonds is 8. The molecular weight excluding hydrogens is 222 g/mol. The normalized spacial score (nSPS) is 11.9. The molecule has 0 aromatic carbocycles. The van der Waals surface area contributed by atoms with Crippen molar-refractivity contribution in [1.29, 1.82) is 0 Å². The number of aliphatic carboxylic acids is 1. The van der Waals surface area contributed by atoms with E-state index in [1.807, 2.05) is 7.05 Å². The molecule has 3 N–H and O–H groups in total. The van der Waals surface area contributed by atoms with E-state index in [4.69, 9.17) is 5.11 Å². The number of carbonyl (C=O) groups is 2. The minimum absolute atomic E-state index is 0.122. The smallest absolute Gasteiger partial charge is 0.317 e. The van der Waals surface area contributed by atoms with Crippen LogP contribution in [0.1, 0.15) is 19.8 Å². The van der Waals surface area contributed by atoms with Gasteiger partial charge in [0, 0.05) is 26.7 Å². The molecule has 0 saturated carbocycles. The van der Waals surface area contributed by atoms with E-state index in [1.165, 1.54) is 0 Å². The summed E-state index contributed by atoms with van der Waals surface area (Å²) in [5.41, 5.74) is 0. The van der Waals surface area contributed by atoms with E-state index in [1.54, 1.807) is 18.9 Å². The highest BCUT2D eigenvalue weighted by atomic mass is 16.4. The predicted molar refractivity (Wildman–Crippen MR) is 66.0 cm³/mol. The summed E-state index contributed by atoms with van der Waals surface area (Å²) in [6.45, 7) is 3.58. The summed E-state index contributed by atoms with van der Waals surface area (Å²) >= 11 is 0. The number of hydrogen-bond donors (Lipinski definition) is 3. The Balaban J connectivity index is 3.60. The van der Waals surface area contributed by atoms with Gasteiger partial charge < -0.3 is 20.6 Å². The first-order valence-electron chi connectivity index (χ1n) is 5.85. The Morgan fingerprint density at radius 3 is 2.53 bits per heavy atom. The fourth-order valence-electron chi connectivity index (χ4n) is 1.24. The quantitative estimate of drug-likeness (QED) is 0.539. The minimum atomic E-state index is -0.789. The van der Waals surface area contributed by atoms with Crippen LogP contribution in [0.5, 0.6) is 0 Å². The molecule has 17 heavy (non-hydrogen) atoms. The van der Waals surface area contributed by atoms with Crippen LogP contribution in [0.15, 0.2) is 0 Å². The van der Waals surface area contributed by atoms with Crippen LogP contribution in [0, 0.1) is 5.92 Å². The molecule has 1 unspecified atom stereocenters. The molecule has 100 valence electrons. The van der Waals surface area contributed by atoms with E-state index in [0.717, 1.165) is 6.54 Å². The summed E-state index contributed by atoms with van der Waals surface area (Å²) < 4.78 is 0. The highest BCUT2D eigenvalue weighted by Crippen LogP contribution is 2.04. The second-order valence-electron chi connectivity index (χ2n) is 4.14. The zero-order valence-electron chi connectivity index (χ0n) is 10.8. The van der Waals surface area contributed by atoms with Gasteiger partial charge in [-0.25, -0.2) is 4.79 Å². The van der Waals surface area contributed by atoms with Gasteiger partial charge in [0.15, 0.2) is 0 Å². The molecule has 2 amide bonds. The Morgan fingerprint density at radius 2 is 2.00 bits per heavy atom. The number of carbonyl (C=O) groups excluding carboxylic acids is 1. The number of amides is 2. The average Bonchev–Trinajstić information content (AvgIpc) is 2.30. The van der Waals surface area contributed by atoms with Crippen LogP contribution in [0.25, 0.3) is 0 Å². The lowest BCUT2D eigenvalue weighted by Gasteiger charge is -2.17. The Bertz CT molecular complexity index is 246. The number of likely N-dealkylation sites (N-methyl/N-ethyl adjacent to an activating group) is 2. The van der Waals surface area contributed by atoms with Crippen molar-refractivity contribution < 1.29 is 14.7 Å². The van der Waals surface area contributed by atoms with Gasteiger partial charge in [-0.05, 0) is 19.9 Å². The summed E-state index contributed by atoms with van der Waals surface area (Å²) in [4.78, 5) is 23.6. The second-order valence-corrected chi connectivity index (χ2v) is 4.14. The van der Waals surface area contributed by atoms with Gasteiger partial charge in [0.1, 0.15) is 0 Å². The minimum Gasteiger partial charge on any atom is -0.481 e. The van der Waals surface area contributed by atoms with E-state index < -0.39 is 5.97 Å². The summed E-state index contributed by atoms with van der Waals surface area (Å²) in [6.07, 6.45) is 1.26. The predicted octanol–water partition coefficient (Wildman–Crippen LogP) is 0.348. The molecule has 0 bridgehead atoms. The molecule has 6 heteroatoms. The maximum atomic E-state index is 11.5. The number of carboxylic acids is 1. The highest BCUT2D eigenvalue weighted by Gasteiger charge is 2.11. The van der Waals surface area contributed by atoms with Crippen molar-refractivity contribution in [3.63, 3.8) is 0 Å². The molecule has 0 radical (unpaired) electrons. The molecular formula is C11H23N3O3. The summed E-state index contributed by atoms with van der Waals surface area (Å²) in [7, 11) is 3.56. The first-order chi connectivity index (χ1) is 7.99. The number of nitrogens with zero attached hydrogens (tertiary/aromatic N) is 1. The van der Waals surface area contributed by atoms with E-state index >= 15 is 0 Å². The lowest BCUT2D eigenvalue weighted by atomic mass is 10.1. The SMILES string of the molecule is CNCCN(C)C(=O)NCCCC(C)C(=O)O. The van der Waals surface area contributed by atoms with Crippen molar-refractivity contribution in [1.82, 2.24) is 15.5 Å². The van der Waals surface area contributed by atoms with Crippen molar-refractivity contribution in [2.45, 2.75) is 19.8 Å². The van der Waals surface area contributed by atoms with Crippen LogP contribution in [0.3, 0.4) is 0 Å². The fraction of sp³-hybridized carbons (Fsp3) is 0.818. The molecule has 0 aromatic heterocycles. The molecule has 0 spiro atoms. The molecule has 0 rings (SSSR count). The van der Waals surface area contributed by atoms with Gasteiger partial charge in [-0.3, -0.25) is 4.79 Å². The van der Waals surface area contributed by atoms with Crippen molar-refractivity contribution >= 4 is 12.0 Å². The maximum absolute atomic E-state index is 11.5. The van der Waals surface area contributed by atoms with Crippen LogP contribution < -0.4 is 10.6 Å². The third kappa shape index (κ3) is 7.57. The van der Waals surface area contributed by atoms with Gasteiger partial charge in [0.2, 0.25) is 0 Å². The van der Waals surface area contributed by atoms with Crippen LogP contribution in [0.2, 0.25) is 0 Å². The van der Waals surface area contributed by atoms with Gasteiger partial charge >= 0.3 is 12.0 Å². The topological polar surface area (TPSA) is 81.7 Å². The third-order valence-corrected chi connectivity index (χ3v) is 2.56. The highest BCUT2D eigenvalue weighted by molar-refractivity contribution is 5.73. The summed E-state index contributed by atoms with van der Waals surface area (Å²) in [5.74, 6) is -1.14. The van der Waals surface area contributed by atoms with Crippen LogP contribution in [-0.4, -0.2) is 55.7 Å². The summed E-state index contributed by atoms with van der Waals surface area (Å²) in [5, 5.41) is 14.4. The molecule has 0 aliphatic heterocycles. The number of carboxylic acid groups (broad SMARTS) is 1. The molecule has 0 fully saturated rings. The number of hydrogen-bond acceptors (Lipinski definition) is 3. The van der Waals surface area contributed by atoms with Crippen LogP contribution in [0.4, 0.5) is 4.79 Å². The van der Waals surface area contributed by atoms with Crippen molar-refractivity contribution in [3.8, 4) is 0 Å². The van der Waals surface area contributed by atoms with Crippen LogP contribution >= 0.6 is 0 Å². The van der Waals surface area contributed by atoms with Crippen molar-refractivity contribution in [2.24, 2.45) is 5.92 Å². The second kappa shape index (κ2) is 8.81. The van der Waals surface area contributed by atoms with E-state index in [2.05, 4.69) is 10.6 Å². The first kappa shape index (κ1) is 15.7. The molecule has 0 aliphatic rings. The molecule has 1 atom stereocenters. The monoisotopic (exact) mass is 245 g/mol. The Hall–Kier alpha value is -1.30. The van der Waals surface area contributed by atoms with E-state index in [9.17, 15) is 9.59 Å². The molecule has 0 saturated heterocycles. The summed E-state index contributed by atoms with van der Waals surface area (Å²) in [6, 6.07) is -0.122. The average molecular weight is 245 g/mol. The lowest BCUT2D eigenvalue weighted by molar-refractivity contribution is -0.141. The molecule has 0 aromatic rings. The third-order valence-electron chi connectivity index (χ3n) is 2.56. The Kier molecular flexibility index (Phi) is 8.13. The van der Waals surface area contributed by atoms with Crippen molar-refractivity contribution in [3.05, 3.63) is 0 Å². The van der Waals surface area contributed by atoms with E-state index in [0.29, 0.717) is 25.9 Å².